The van der Waals surface area contributed by atoms with E-state index >= 15 is 0 Å². The Bertz CT molecular complexity index is 1740. The van der Waals surface area contributed by atoms with Crippen LogP contribution in [0.25, 0.3) is 28.3 Å². The van der Waals surface area contributed by atoms with Crippen LogP contribution in [0.4, 0.5) is 14.5 Å². The summed E-state index contributed by atoms with van der Waals surface area (Å²) in [4.78, 5) is 36.4. The average Bonchev–Trinajstić information content (AvgIpc) is 3.32. The molecule has 47 heavy (non-hydrogen) atoms. The molecule has 0 saturated heterocycles. The number of anilines is 1. The van der Waals surface area contributed by atoms with Gasteiger partial charge in [0.15, 0.2) is 0 Å². The van der Waals surface area contributed by atoms with Gasteiger partial charge in [0.25, 0.3) is 5.91 Å². The molecule has 0 bridgehead atoms. The SMILES string of the molecule is CC(C)n1c(C=C[C@@H](O)C[C@@H](O)CC(=O)[O-])c(-c2ccc(F)cc2)c(-c2ccc(F)cc2)c1C(=O)Nc1ccc(CC(N)=O)cc1.[Na+]. The molecule has 9 nitrogen and oxygen atoms in total. The normalized spacial score (nSPS) is 12.5. The molecule has 5 N–H and O–H groups in total. The van der Waals surface area contributed by atoms with Crippen molar-refractivity contribution in [1.82, 2.24) is 4.57 Å². The molecule has 4 aromatic rings. The second-order valence-corrected chi connectivity index (χ2v) is 11.1. The first-order chi connectivity index (χ1) is 21.8. The Kier molecular flexibility index (Phi) is 13.2. The van der Waals surface area contributed by atoms with Crippen molar-refractivity contribution >= 4 is 29.5 Å². The fourth-order valence-electron chi connectivity index (χ4n) is 5.27. The molecule has 0 aliphatic heterocycles. The van der Waals surface area contributed by atoms with Crippen molar-refractivity contribution in [3.05, 3.63) is 107 Å². The second kappa shape index (κ2) is 16.6. The molecule has 0 unspecified atom stereocenters. The van der Waals surface area contributed by atoms with Crippen LogP contribution >= 0.6 is 0 Å². The smallest absolute Gasteiger partial charge is 0.550 e. The maximum absolute atomic E-state index is 14.2. The fraction of sp³-hybridized carbons (Fsp3) is 0.229. The number of carbonyl (C=O) groups excluding carboxylic acids is 3. The number of nitrogens with two attached hydrogens (primary N) is 1. The first-order valence-electron chi connectivity index (χ1n) is 14.6. The number of aliphatic hydroxyl groups excluding tert-OH is 2. The third-order valence-corrected chi connectivity index (χ3v) is 7.22. The minimum absolute atomic E-state index is 0. The number of carboxylic acid groups (broad SMARTS) is 1. The Morgan fingerprint density at radius 1 is 0.894 bits per heavy atom. The summed E-state index contributed by atoms with van der Waals surface area (Å²) in [7, 11) is 0. The Morgan fingerprint density at radius 3 is 1.91 bits per heavy atom. The second-order valence-electron chi connectivity index (χ2n) is 11.1. The van der Waals surface area contributed by atoms with Crippen molar-refractivity contribution in [1.29, 1.82) is 0 Å². The van der Waals surface area contributed by atoms with Gasteiger partial charge in [-0.2, -0.15) is 0 Å². The van der Waals surface area contributed by atoms with E-state index in [0.717, 1.165) is 0 Å². The van der Waals surface area contributed by atoms with Crippen LogP contribution in [-0.2, 0) is 16.0 Å². The van der Waals surface area contributed by atoms with Crippen LogP contribution < -0.4 is 45.7 Å². The maximum Gasteiger partial charge on any atom is 1.00 e. The minimum atomic E-state index is -1.46. The van der Waals surface area contributed by atoms with Crippen LogP contribution in [0.15, 0.2) is 78.9 Å². The van der Waals surface area contributed by atoms with Gasteiger partial charge in [-0.05, 0) is 73.0 Å². The zero-order valence-electron chi connectivity index (χ0n) is 26.2. The molecule has 4 rings (SSSR count). The van der Waals surface area contributed by atoms with E-state index in [0.29, 0.717) is 39.2 Å². The number of carbonyl (C=O) groups is 3. The van der Waals surface area contributed by atoms with Crippen LogP contribution in [0, 0.1) is 11.6 Å². The molecule has 1 aromatic heterocycles. The largest absolute Gasteiger partial charge is 1.00 e. The summed E-state index contributed by atoms with van der Waals surface area (Å²) in [5.74, 6) is -3.46. The van der Waals surface area contributed by atoms with Crippen molar-refractivity contribution in [2.24, 2.45) is 5.73 Å². The van der Waals surface area contributed by atoms with Crippen molar-refractivity contribution in [3.63, 3.8) is 0 Å². The molecule has 0 fully saturated rings. The number of hydrogen-bond donors (Lipinski definition) is 4. The summed E-state index contributed by atoms with van der Waals surface area (Å²) < 4.78 is 29.9. The number of halogens is 2. The molecule has 0 radical (unpaired) electrons. The molecule has 0 spiro atoms. The Hall–Kier alpha value is -4.13. The van der Waals surface area contributed by atoms with Gasteiger partial charge in [-0.3, -0.25) is 9.59 Å². The van der Waals surface area contributed by atoms with E-state index in [1.807, 2.05) is 13.8 Å². The number of hydrogen-bond acceptors (Lipinski definition) is 6. The summed E-state index contributed by atoms with van der Waals surface area (Å²) in [5, 5.41) is 34.4. The summed E-state index contributed by atoms with van der Waals surface area (Å²) in [6, 6.07) is 17.4. The molecule has 240 valence electrons. The molecule has 3 aromatic carbocycles. The maximum atomic E-state index is 14.2. The quantitative estimate of drug-likeness (QED) is 0.159. The number of nitrogens with one attached hydrogen (secondary N) is 1. The molecule has 2 amide bonds. The van der Waals surface area contributed by atoms with Gasteiger partial charge in [0, 0.05) is 47.4 Å². The summed E-state index contributed by atoms with van der Waals surface area (Å²) in [6.45, 7) is 3.69. The Morgan fingerprint density at radius 2 is 1.43 bits per heavy atom. The van der Waals surface area contributed by atoms with Gasteiger partial charge in [0.05, 0.1) is 18.6 Å². The van der Waals surface area contributed by atoms with E-state index in [-0.39, 0.29) is 54.1 Å². The number of nitrogens with zero attached hydrogens (tertiary/aromatic N) is 1. The van der Waals surface area contributed by atoms with Gasteiger partial charge >= 0.3 is 29.6 Å². The monoisotopic (exact) mass is 653 g/mol. The number of aliphatic hydroxyl groups is 2. The minimum Gasteiger partial charge on any atom is -0.550 e. The van der Waals surface area contributed by atoms with Crippen LogP contribution in [0.5, 0.6) is 0 Å². The number of aromatic nitrogens is 1. The van der Waals surface area contributed by atoms with Gasteiger partial charge < -0.3 is 35.7 Å². The zero-order valence-corrected chi connectivity index (χ0v) is 28.2. The predicted octanol–water partition coefficient (Wildman–Crippen LogP) is 1.23. The molecule has 0 aliphatic carbocycles. The molecule has 0 aliphatic rings. The number of rotatable bonds is 13. The average molecular weight is 654 g/mol. The van der Waals surface area contributed by atoms with E-state index < -0.39 is 48.0 Å². The molecule has 1 heterocycles. The zero-order chi connectivity index (χ0) is 33.5. The first-order valence-corrected chi connectivity index (χ1v) is 14.6. The van der Waals surface area contributed by atoms with E-state index in [1.54, 1.807) is 47.0 Å². The third-order valence-electron chi connectivity index (χ3n) is 7.22. The predicted molar refractivity (Wildman–Crippen MR) is 168 cm³/mol. The Labute approximate surface area is 293 Å². The summed E-state index contributed by atoms with van der Waals surface area (Å²) >= 11 is 0. The number of aliphatic carboxylic acids is 1. The van der Waals surface area contributed by atoms with Crippen LogP contribution in [0.3, 0.4) is 0 Å². The summed E-state index contributed by atoms with van der Waals surface area (Å²) in [6.07, 6.45) is -0.615. The van der Waals surface area contributed by atoms with E-state index in [1.165, 1.54) is 42.5 Å². The first kappa shape index (κ1) is 37.3. The van der Waals surface area contributed by atoms with Crippen molar-refractivity contribution in [2.45, 2.75) is 51.4 Å². The molecule has 12 heteroatoms. The van der Waals surface area contributed by atoms with Crippen LogP contribution in [0.2, 0.25) is 0 Å². The van der Waals surface area contributed by atoms with E-state index in [9.17, 15) is 38.5 Å². The Balaban J connectivity index is 0.00000600. The number of benzene rings is 3. The van der Waals surface area contributed by atoms with Gasteiger partial charge in [-0.25, -0.2) is 8.78 Å². The van der Waals surface area contributed by atoms with E-state index in [4.69, 9.17) is 5.73 Å². The number of carboxylic acids is 1. The van der Waals surface area contributed by atoms with Gasteiger partial charge in [0.2, 0.25) is 5.91 Å². The van der Waals surface area contributed by atoms with E-state index in [2.05, 4.69) is 5.32 Å². The topological polar surface area (TPSA) is 158 Å². The fourth-order valence-corrected chi connectivity index (χ4v) is 5.27. The van der Waals surface area contributed by atoms with Crippen LogP contribution in [0.1, 0.15) is 54.5 Å². The van der Waals surface area contributed by atoms with Crippen molar-refractivity contribution in [3.8, 4) is 22.3 Å². The molecular weight excluding hydrogens is 619 g/mol. The van der Waals surface area contributed by atoms with Crippen molar-refractivity contribution < 1.29 is 68.0 Å². The number of amides is 2. The third kappa shape index (κ3) is 9.69. The van der Waals surface area contributed by atoms with Gasteiger partial charge in [-0.1, -0.05) is 42.5 Å². The molecular formula is C35H34F2N3NaO6. The standard InChI is InChI=1S/C35H35F2N3O6.Na/c1-20(2)40-29(16-15-27(41)18-28(42)19-31(44)45)32(22-5-9-24(36)10-6-22)33(23-7-11-25(37)12-8-23)34(40)35(46)39-26-13-3-21(4-14-26)17-30(38)43;/h3-16,20,27-28,41-42H,17-19H2,1-2H3,(H2,38,43)(H,39,46)(H,44,45);/q;+1/p-1/t27-,28-;/m1./s1. The summed E-state index contributed by atoms with van der Waals surface area (Å²) in [5.41, 5.74) is 8.92. The van der Waals surface area contributed by atoms with Crippen molar-refractivity contribution in [2.75, 3.05) is 5.32 Å². The molecule has 0 saturated carbocycles. The van der Waals surface area contributed by atoms with Gasteiger partial charge in [-0.15, -0.1) is 0 Å². The molecule has 2 atom stereocenters. The van der Waals surface area contributed by atoms with Crippen LogP contribution in [-0.4, -0.2) is 44.8 Å². The number of primary amides is 1. The van der Waals surface area contributed by atoms with Gasteiger partial charge in [0.1, 0.15) is 17.3 Å².